The molecule has 0 spiro atoms. The molecule has 33 heavy (non-hydrogen) atoms. The van der Waals surface area contributed by atoms with E-state index < -0.39 is 15.8 Å². The van der Waals surface area contributed by atoms with Gasteiger partial charge >= 0.3 is 0 Å². The SMILES string of the molecule is COc1cc(Nc2nc3ccccc3nc2-c2c(F)ccc(S(N)(=O)=O)c2C)cc(OC)c1. The summed E-state index contributed by atoms with van der Waals surface area (Å²) in [5.74, 6) is 0.629. The monoisotopic (exact) mass is 468 g/mol. The first-order chi connectivity index (χ1) is 15.7. The number of hydrogen-bond donors (Lipinski definition) is 2. The summed E-state index contributed by atoms with van der Waals surface area (Å²) in [5.41, 5.74) is 1.89. The minimum absolute atomic E-state index is 0.0165. The van der Waals surface area contributed by atoms with E-state index in [9.17, 15) is 8.42 Å². The number of ether oxygens (including phenoxy) is 2. The maximum Gasteiger partial charge on any atom is 0.238 e. The molecular weight excluding hydrogens is 447 g/mol. The van der Waals surface area contributed by atoms with Crippen LogP contribution in [0.25, 0.3) is 22.3 Å². The third-order valence-corrected chi connectivity index (χ3v) is 6.15. The van der Waals surface area contributed by atoms with Crippen molar-refractivity contribution in [2.24, 2.45) is 5.14 Å². The van der Waals surface area contributed by atoms with Crippen molar-refractivity contribution in [2.75, 3.05) is 19.5 Å². The molecule has 0 fully saturated rings. The quantitative estimate of drug-likeness (QED) is 0.437. The Morgan fingerprint density at radius 3 is 2.12 bits per heavy atom. The van der Waals surface area contributed by atoms with E-state index in [2.05, 4.69) is 15.3 Å². The molecule has 0 saturated carbocycles. The van der Waals surface area contributed by atoms with E-state index in [1.54, 1.807) is 36.4 Å². The molecule has 4 rings (SSSR count). The Labute approximate surface area is 190 Å². The molecule has 0 radical (unpaired) electrons. The lowest BCUT2D eigenvalue weighted by Crippen LogP contribution is -2.15. The van der Waals surface area contributed by atoms with Crippen LogP contribution in [0, 0.1) is 12.7 Å². The maximum atomic E-state index is 15.1. The highest BCUT2D eigenvalue weighted by Gasteiger charge is 2.23. The number of nitrogens with two attached hydrogens (primary N) is 1. The van der Waals surface area contributed by atoms with Crippen LogP contribution >= 0.6 is 0 Å². The Hall–Kier alpha value is -3.76. The van der Waals surface area contributed by atoms with Gasteiger partial charge in [0.2, 0.25) is 10.0 Å². The molecule has 8 nitrogen and oxygen atoms in total. The first kappa shape index (κ1) is 22.4. The van der Waals surface area contributed by atoms with Gasteiger partial charge in [0.1, 0.15) is 23.0 Å². The molecule has 1 aromatic heterocycles. The van der Waals surface area contributed by atoms with Gasteiger partial charge in [-0.25, -0.2) is 27.9 Å². The zero-order chi connectivity index (χ0) is 23.8. The van der Waals surface area contributed by atoms with Gasteiger partial charge in [0.25, 0.3) is 0 Å². The van der Waals surface area contributed by atoms with Crippen molar-refractivity contribution in [1.29, 1.82) is 0 Å². The normalized spacial score (nSPS) is 11.4. The van der Waals surface area contributed by atoms with E-state index >= 15 is 4.39 Å². The van der Waals surface area contributed by atoms with Crippen LogP contribution in [0.3, 0.4) is 0 Å². The molecule has 3 N–H and O–H groups in total. The molecule has 170 valence electrons. The summed E-state index contributed by atoms with van der Waals surface area (Å²) < 4.78 is 49.8. The predicted molar refractivity (Wildman–Crippen MR) is 124 cm³/mol. The second kappa shape index (κ2) is 8.64. The highest BCUT2D eigenvalue weighted by Crippen LogP contribution is 2.36. The van der Waals surface area contributed by atoms with Crippen LogP contribution in [0.1, 0.15) is 5.56 Å². The summed E-state index contributed by atoms with van der Waals surface area (Å²) in [6, 6.07) is 14.4. The molecule has 3 aromatic carbocycles. The standard InChI is InChI=1S/C23H21FN4O4S/c1-13-20(33(25,29)30)9-8-17(24)21(13)22-23(28-19-7-5-4-6-18(19)27-22)26-14-10-15(31-2)12-16(11-14)32-3/h4-12H,1-3H3,(H,26,28)(H2,25,29,30). The van der Waals surface area contributed by atoms with E-state index in [1.165, 1.54) is 21.1 Å². The molecule has 0 saturated heterocycles. The van der Waals surface area contributed by atoms with Gasteiger partial charge in [-0.05, 0) is 36.8 Å². The van der Waals surface area contributed by atoms with Crippen molar-refractivity contribution in [3.05, 3.63) is 66.0 Å². The average molecular weight is 469 g/mol. The third kappa shape index (κ3) is 4.43. The highest BCUT2D eigenvalue weighted by molar-refractivity contribution is 7.89. The second-order valence-electron chi connectivity index (χ2n) is 7.23. The van der Waals surface area contributed by atoms with Crippen LogP contribution in [-0.2, 0) is 10.0 Å². The Bertz CT molecular complexity index is 1450. The van der Waals surface area contributed by atoms with Gasteiger partial charge in [-0.15, -0.1) is 0 Å². The van der Waals surface area contributed by atoms with Gasteiger partial charge in [-0.3, -0.25) is 0 Å². The summed E-state index contributed by atoms with van der Waals surface area (Å²) in [7, 11) is -1.03. The number of para-hydroxylation sites is 2. The summed E-state index contributed by atoms with van der Waals surface area (Å²) in [4.78, 5) is 9.05. The zero-order valence-electron chi connectivity index (χ0n) is 18.1. The number of benzene rings is 3. The van der Waals surface area contributed by atoms with Gasteiger partial charge in [0.05, 0.1) is 30.1 Å². The number of anilines is 2. The lowest BCUT2D eigenvalue weighted by atomic mass is 10.0. The minimum atomic E-state index is -4.08. The number of nitrogens with one attached hydrogen (secondary N) is 1. The van der Waals surface area contributed by atoms with Crippen LogP contribution < -0.4 is 19.9 Å². The average Bonchev–Trinajstić information content (AvgIpc) is 2.78. The first-order valence-electron chi connectivity index (χ1n) is 9.80. The molecule has 10 heteroatoms. The molecule has 1 heterocycles. The van der Waals surface area contributed by atoms with E-state index in [-0.39, 0.29) is 27.5 Å². The van der Waals surface area contributed by atoms with Crippen molar-refractivity contribution in [3.63, 3.8) is 0 Å². The van der Waals surface area contributed by atoms with Crippen LogP contribution in [-0.4, -0.2) is 32.6 Å². The fourth-order valence-corrected chi connectivity index (χ4v) is 4.32. The number of methoxy groups -OCH3 is 2. The van der Waals surface area contributed by atoms with Gasteiger partial charge in [-0.1, -0.05) is 12.1 Å². The molecule has 4 aromatic rings. The van der Waals surface area contributed by atoms with E-state index in [1.807, 2.05) is 6.07 Å². The molecule has 0 unspecified atom stereocenters. The topological polar surface area (TPSA) is 116 Å². The Morgan fingerprint density at radius 2 is 1.55 bits per heavy atom. The summed E-state index contributed by atoms with van der Waals surface area (Å²) in [6.45, 7) is 1.48. The second-order valence-corrected chi connectivity index (χ2v) is 8.76. The number of sulfonamides is 1. The van der Waals surface area contributed by atoms with Crippen molar-refractivity contribution in [3.8, 4) is 22.8 Å². The number of hydrogen-bond acceptors (Lipinski definition) is 7. The summed E-state index contributed by atoms with van der Waals surface area (Å²) in [5, 5.41) is 8.49. The number of halogens is 1. The first-order valence-corrected chi connectivity index (χ1v) is 11.3. The fraction of sp³-hybridized carbons (Fsp3) is 0.130. The van der Waals surface area contributed by atoms with E-state index in [0.29, 0.717) is 28.2 Å². The predicted octanol–water partition coefficient (Wildman–Crippen LogP) is 4.15. The van der Waals surface area contributed by atoms with Gasteiger partial charge in [-0.2, -0.15) is 0 Å². The number of nitrogens with zero attached hydrogens (tertiary/aromatic N) is 2. The zero-order valence-corrected chi connectivity index (χ0v) is 18.9. The van der Waals surface area contributed by atoms with Crippen molar-refractivity contribution < 1.29 is 22.3 Å². The number of fused-ring (bicyclic) bond motifs is 1. The Kier molecular flexibility index (Phi) is 5.88. The maximum absolute atomic E-state index is 15.1. The lowest BCUT2D eigenvalue weighted by Gasteiger charge is -2.16. The number of rotatable bonds is 6. The lowest BCUT2D eigenvalue weighted by molar-refractivity contribution is 0.395. The molecule has 0 atom stereocenters. The molecular formula is C23H21FN4O4S. The molecule has 0 aliphatic heterocycles. The van der Waals surface area contributed by atoms with Crippen LogP contribution in [0.2, 0.25) is 0 Å². The van der Waals surface area contributed by atoms with Crippen molar-refractivity contribution in [1.82, 2.24) is 9.97 Å². The minimum Gasteiger partial charge on any atom is -0.497 e. The highest BCUT2D eigenvalue weighted by atomic mass is 32.2. The van der Waals surface area contributed by atoms with Crippen molar-refractivity contribution in [2.45, 2.75) is 11.8 Å². The van der Waals surface area contributed by atoms with Crippen LogP contribution in [0.5, 0.6) is 11.5 Å². The molecule has 0 amide bonds. The largest absolute Gasteiger partial charge is 0.497 e. The third-order valence-electron chi connectivity index (χ3n) is 5.09. The van der Waals surface area contributed by atoms with Crippen LogP contribution in [0.15, 0.2) is 59.5 Å². The van der Waals surface area contributed by atoms with Crippen LogP contribution in [0.4, 0.5) is 15.9 Å². The van der Waals surface area contributed by atoms with Gasteiger partial charge in [0.15, 0.2) is 5.82 Å². The number of aromatic nitrogens is 2. The number of primary sulfonamides is 1. The fourth-order valence-electron chi connectivity index (χ4n) is 3.54. The van der Waals surface area contributed by atoms with Gasteiger partial charge < -0.3 is 14.8 Å². The summed E-state index contributed by atoms with van der Waals surface area (Å²) >= 11 is 0. The molecule has 0 bridgehead atoms. The molecule has 0 aliphatic carbocycles. The summed E-state index contributed by atoms with van der Waals surface area (Å²) in [6.07, 6.45) is 0. The van der Waals surface area contributed by atoms with Gasteiger partial charge in [0, 0.05) is 29.4 Å². The Balaban J connectivity index is 1.98. The smallest absolute Gasteiger partial charge is 0.238 e. The van der Waals surface area contributed by atoms with Crippen molar-refractivity contribution >= 4 is 32.6 Å². The van der Waals surface area contributed by atoms with E-state index in [0.717, 1.165) is 12.1 Å². The Morgan fingerprint density at radius 1 is 0.939 bits per heavy atom. The molecule has 0 aliphatic rings. The van der Waals surface area contributed by atoms with E-state index in [4.69, 9.17) is 14.6 Å².